The Kier molecular flexibility index (Phi) is 4.07. The fourth-order valence-corrected chi connectivity index (χ4v) is 2.21. The van der Waals surface area contributed by atoms with Crippen molar-refractivity contribution in [3.8, 4) is 0 Å². The topological polar surface area (TPSA) is 66.7 Å². The van der Waals surface area contributed by atoms with Crippen LogP contribution in [0.3, 0.4) is 0 Å². The third kappa shape index (κ3) is 2.88. The summed E-state index contributed by atoms with van der Waals surface area (Å²) in [6, 6.07) is 13.7. The predicted octanol–water partition coefficient (Wildman–Crippen LogP) is 2.78. The second-order valence-corrected chi connectivity index (χ2v) is 4.48. The molecule has 0 saturated heterocycles. The Balaban J connectivity index is 2.39. The van der Waals surface area contributed by atoms with Crippen molar-refractivity contribution in [2.24, 2.45) is 3.68 Å². The second-order valence-electron chi connectivity index (χ2n) is 3.81. The van der Waals surface area contributed by atoms with Gasteiger partial charge in [0, 0.05) is 0 Å². The van der Waals surface area contributed by atoms with E-state index in [1.807, 2.05) is 0 Å². The van der Waals surface area contributed by atoms with Crippen LogP contribution in [0.15, 0.2) is 46.1 Å². The van der Waals surface area contributed by atoms with E-state index >= 15 is 0 Å². The van der Waals surface area contributed by atoms with Crippen LogP contribution in [-0.4, -0.2) is 16.9 Å². The van der Waals surface area contributed by atoms with E-state index in [1.54, 1.807) is 18.2 Å². The van der Waals surface area contributed by atoms with Gasteiger partial charge in [-0.15, -0.1) is 0 Å². The van der Waals surface area contributed by atoms with Gasteiger partial charge in [0.15, 0.2) is 0 Å². The molecule has 0 radical (unpaired) electrons. The first-order chi connectivity index (χ1) is 9.13. The number of nitrogens with zero attached hydrogens (tertiary/aromatic N) is 1. The summed E-state index contributed by atoms with van der Waals surface area (Å²) in [5.74, 6) is -1.18. The molecule has 2 rings (SSSR count). The van der Waals surface area contributed by atoms with Gasteiger partial charge in [0.1, 0.15) is 0 Å². The van der Waals surface area contributed by atoms with Crippen molar-refractivity contribution in [3.63, 3.8) is 0 Å². The average Bonchev–Trinajstić information content (AvgIpc) is 2.46. The number of ketones is 1. The Hall–Kier alpha value is -2.00. The van der Waals surface area contributed by atoms with E-state index in [0.717, 1.165) is 0 Å². The van der Waals surface area contributed by atoms with E-state index in [0.29, 0.717) is 34.9 Å². The quantitative estimate of drug-likeness (QED) is 0.536. The molecule has 5 heteroatoms. The van der Waals surface area contributed by atoms with Crippen molar-refractivity contribution < 1.29 is 32.8 Å². The summed E-state index contributed by atoms with van der Waals surface area (Å²) < 4.78 is 4.14. The van der Waals surface area contributed by atoms with Gasteiger partial charge in [0.25, 0.3) is 0 Å². The van der Waals surface area contributed by atoms with E-state index in [2.05, 4.69) is 9.75 Å². The summed E-state index contributed by atoms with van der Waals surface area (Å²) in [6.45, 7) is 0. The molecule has 0 aliphatic rings. The number of aromatic carboxylic acids is 1. The third-order valence-electron chi connectivity index (χ3n) is 2.65. The van der Waals surface area contributed by atoms with Gasteiger partial charge in [-0.2, -0.15) is 0 Å². The summed E-state index contributed by atoms with van der Waals surface area (Å²) in [5, 5.41) is 8.81. The van der Waals surface area contributed by atoms with Crippen molar-refractivity contribution in [2.45, 2.75) is 0 Å². The van der Waals surface area contributed by atoms with Crippen LogP contribution in [0.5, 0.6) is 0 Å². The van der Waals surface area contributed by atoms with Gasteiger partial charge in [0.2, 0.25) is 0 Å². The van der Waals surface area contributed by atoms with Crippen LogP contribution in [0.2, 0.25) is 0 Å². The molecule has 0 amide bonds. The van der Waals surface area contributed by atoms with Gasteiger partial charge in [-0.05, 0) is 0 Å². The molecule has 90 valence electrons. The summed E-state index contributed by atoms with van der Waals surface area (Å²) in [5.41, 5.74) is 1.73. The number of carbonyl (C=O) groups is 2. The Bertz CT molecular complexity index is 650. The number of carbonyl (C=O) groups excluding carboxylic acids is 1. The normalized spacial score (nSPS) is 10.0. The van der Waals surface area contributed by atoms with E-state index in [9.17, 15) is 9.59 Å². The minimum atomic E-state index is -1.01. The van der Waals surface area contributed by atoms with Gasteiger partial charge < -0.3 is 0 Å². The van der Waals surface area contributed by atoms with Crippen LogP contribution in [0.25, 0.3) is 0 Å². The van der Waals surface area contributed by atoms with Crippen LogP contribution < -0.4 is 0 Å². The monoisotopic (exact) mass is 302 g/mol. The summed E-state index contributed by atoms with van der Waals surface area (Å²) in [6.07, 6.45) is 0. The molecule has 0 spiro atoms. The first-order valence-corrected chi connectivity index (χ1v) is 6.81. The molecule has 0 bridgehead atoms. The maximum absolute atomic E-state index is 12.3. The first-order valence-electron chi connectivity index (χ1n) is 5.48. The molecule has 0 fully saturated rings. The van der Waals surface area contributed by atoms with Crippen molar-refractivity contribution in [2.75, 3.05) is 0 Å². The summed E-state index contributed by atoms with van der Waals surface area (Å²) >= 11 is 0.704. The Morgan fingerprint density at radius 1 is 1.11 bits per heavy atom. The molecular weight excluding hydrogens is 296 g/mol. The molecule has 0 heterocycles. The molecule has 0 atom stereocenters. The first kappa shape index (κ1) is 13.4. The number of hydrogen-bond acceptors (Lipinski definition) is 3. The fourth-order valence-electron chi connectivity index (χ4n) is 1.66. The molecule has 2 aromatic carbocycles. The predicted molar refractivity (Wildman–Crippen MR) is 64.2 cm³/mol. The Labute approximate surface area is 119 Å². The molecule has 0 unspecified atom stereocenters. The average molecular weight is 304 g/mol. The van der Waals surface area contributed by atoms with Crippen LogP contribution in [-0.2, 0) is 18.1 Å². The second kappa shape index (κ2) is 5.76. The van der Waals surface area contributed by atoms with Gasteiger partial charge in [-0.25, -0.2) is 0 Å². The number of rotatable bonds is 4. The number of carboxylic acid groups (broad SMARTS) is 1. The van der Waals surface area contributed by atoms with Crippen LogP contribution in [0, 0.1) is 6.07 Å². The van der Waals surface area contributed by atoms with Crippen LogP contribution in [0.1, 0.15) is 26.3 Å². The van der Waals surface area contributed by atoms with Crippen LogP contribution >= 0.6 is 0 Å². The molecule has 0 aliphatic heterocycles. The number of hydrogen-bond donors (Lipinski definition) is 1. The molecular formula is C14H8NO3Zn-. The van der Waals surface area contributed by atoms with Crippen molar-refractivity contribution in [3.05, 3.63) is 65.2 Å². The van der Waals surface area contributed by atoms with Gasteiger partial charge >= 0.3 is 119 Å². The van der Waals surface area contributed by atoms with Crippen molar-refractivity contribution in [1.29, 1.82) is 0 Å². The molecule has 2 aromatic rings. The zero-order valence-corrected chi connectivity index (χ0v) is 12.9. The van der Waals surface area contributed by atoms with Crippen molar-refractivity contribution >= 4 is 17.4 Å². The molecule has 0 aliphatic carbocycles. The maximum atomic E-state index is 12.3. The van der Waals surface area contributed by atoms with Crippen LogP contribution in [0.4, 0.5) is 5.69 Å². The molecule has 1 N–H and O–H groups in total. The third-order valence-corrected chi connectivity index (χ3v) is 3.37. The molecule has 0 saturated carbocycles. The SMILES string of the molecule is O=C(O)c1ccc(C(=O)c2cc[c-]cc2[N]=[Zn])cc1. The minimum absolute atomic E-state index is 0.157. The van der Waals surface area contributed by atoms with Gasteiger partial charge in [0.05, 0.1) is 0 Å². The summed E-state index contributed by atoms with van der Waals surface area (Å²) in [7, 11) is 0. The van der Waals surface area contributed by atoms with E-state index in [1.165, 1.54) is 24.3 Å². The van der Waals surface area contributed by atoms with Gasteiger partial charge in [-0.3, -0.25) is 0 Å². The standard InChI is InChI=1S/C14H8NO3.Zn/c15-12-4-2-1-3-11(12)13(16)9-5-7-10(8-6-9)14(17)18;/h1,3-8H,(H,17,18);/q-1;. The fraction of sp³-hybridized carbons (Fsp3) is 0. The zero-order valence-electron chi connectivity index (χ0n) is 9.96. The zero-order chi connectivity index (χ0) is 13.8. The number of benzene rings is 2. The molecule has 0 aromatic heterocycles. The van der Waals surface area contributed by atoms with Gasteiger partial charge in [-0.1, -0.05) is 0 Å². The Morgan fingerprint density at radius 2 is 1.74 bits per heavy atom. The van der Waals surface area contributed by atoms with E-state index in [-0.39, 0.29) is 11.3 Å². The van der Waals surface area contributed by atoms with Crippen molar-refractivity contribution in [1.82, 2.24) is 0 Å². The summed E-state index contributed by atoms with van der Waals surface area (Å²) in [4.78, 5) is 23.1. The molecule has 4 nitrogen and oxygen atoms in total. The van der Waals surface area contributed by atoms with E-state index < -0.39 is 5.97 Å². The molecule has 19 heavy (non-hydrogen) atoms. The Morgan fingerprint density at radius 3 is 2.32 bits per heavy atom. The van der Waals surface area contributed by atoms with E-state index in [4.69, 9.17) is 5.11 Å². The number of carboxylic acids is 1.